The molecule has 2 saturated heterocycles. The Morgan fingerprint density at radius 1 is 1.27 bits per heavy atom. The van der Waals surface area contributed by atoms with Gasteiger partial charge < -0.3 is 14.4 Å². The van der Waals surface area contributed by atoms with Gasteiger partial charge in [-0.15, -0.1) is 0 Å². The topological polar surface area (TPSA) is 75.5 Å². The number of fused-ring (bicyclic) bond motifs is 1. The second kappa shape index (κ2) is 7.24. The quantitative estimate of drug-likeness (QED) is 0.844. The normalized spacial score (nSPS) is 24.3. The van der Waals surface area contributed by atoms with Gasteiger partial charge in [0.1, 0.15) is 0 Å². The number of benzene rings is 1. The van der Waals surface area contributed by atoms with Gasteiger partial charge in [-0.25, -0.2) is 0 Å². The molecule has 0 saturated carbocycles. The largest absolute Gasteiger partial charge is 0.379 e. The van der Waals surface area contributed by atoms with E-state index in [0.29, 0.717) is 37.5 Å². The maximum atomic E-state index is 12.9. The van der Waals surface area contributed by atoms with Crippen LogP contribution in [-0.4, -0.2) is 47.7 Å². The number of aromatic nitrogens is 1. The van der Waals surface area contributed by atoms with Gasteiger partial charge in [0, 0.05) is 24.2 Å². The lowest BCUT2D eigenvalue weighted by Crippen LogP contribution is -2.38. The van der Waals surface area contributed by atoms with E-state index in [-0.39, 0.29) is 24.0 Å². The molecular weight excluding hydrogens is 330 g/mol. The third-order valence-electron chi connectivity index (χ3n) is 5.04. The van der Waals surface area contributed by atoms with Crippen molar-refractivity contribution >= 4 is 5.91 Å². The van der Waals surface area contributed by atoms with Crippen molar-refractivity contribution in [3.63, 3.8) is 0 Å². The Hall–Kier alpha value is -2.75. The molecular formula is C20H19N3O3. The first-order valence-electron chi connectivity index (χ1n) is 8.66. The van der Waals surface area contributed by atoms with Crippen molar-refractivity contribution in [3.05, 3.63) is 65.5 Å². The molecule has 1 aromatic carbocycles. The van der Waals surface area contributed by atoms with E-state index < -0.39 is 0 Å². The molecule has 2 fully saturated rings. The van der Waals surface area contributed by atoms with Crippen LogP contribution in [0.25, 0.3) is 0 Å². The maximum Gasteiger partial charge on any atom is 0.254 e. The highest BCUT2D eigenvalue weighted by molar-refractivity contribution is 5.94. The van der Waals surface area contributed by atoms with Gasteiger partial charge in [-0.3, -0.25) is 9.78 Å². The summed E-state index contributed by atoms with van der Waals surface area (Å²) < 4.78 is 11.7. The SMILES string of the molecule is N#Cc1ccc(C(=O)N2C[C@H](OCc3ccccn3)[C@H]3COC[C@H]32)cc1. The van der Waals surface area contributed by atoms with Gasteiger partial charge in [0.15, 0.2) is 0 Å². The van der Waals surface area contributed by atoms with Crippen LogP contribution in [0.5, 0.6) is 0 Å². The number of carbonyl (C=O) groups excluding carboxylic acids is 1. The molecule has 1 aromatic heterocycles. The van der Waals surface area contributed by atoms with Crippen molar-refractivity contribution in [3.8, 4) is 6.07 Å². The van der Waals surface area contributed by atoms with Crippen LogP contribution in [0.1, 0.15) is 21.6 Å². The molecule has 4 rings (SSSR count). The van der Waals surface area contributed by atoms with E-state index in [1.165, 1.54) is 0 Å². The van der Waals surface area contributed by atoms with Gasteiger partial charge in [0.05, 0.1) is 49.3 Å². The summed E-state index contributed by atoms with van der Waals surface area (Å²) in [7, 11) is 0. The summed E-state index contributed by atoms with van der Waals surface area (Å²) in [6.45, 7) is 2.11. The Morgan fingerprint density at radius 2 is 2.12 bits per heavy atom. The van der Waals surface area contributed by atoms with Gasteiger partial charge in [0.25, 0.3) is 5.91 Å². The van der Waals surface area contributed by atoms with Gasteiger partial charge in [-0.1, -0.05) is 6.07 Å². The number of hydrogen-bond acceptors (Lipinski definition) is 5. The Morgan fingerprint density at radius 3 is 2.85 bits per heavy atom. The van der Waals surface area contributed by atoms with Crippen LogP contribution in [0.3, 0.4) is 0 Å². The summed E-state index contributed by atoms with van der Waals surface area (Å²) in [6, 6.07) is 14.6. The predicted molar refractivity (Wildman–Crippen MR) is 93.1 cm³/mol. The highest BCUT2D eigenvalue weighted by Crippen LogP contribution is 2.33. The molecule has 0 spiro atoms. The first-order chi connectivity index (χ1) is 12.8. The van der Waals surface area contributed by atoms with E-state index in [0.717, 1.165) is 5.69 Å². The second-order valence-electron chi connectivity index (χ2n) is 6.59. The van der Waals surface area contributed by atoms with Crippen LogP contribution in [0.15, 0.2) is 48.7 Å². The molecule has 26 heavy (non-hydrogen) atoms. The van der Waals surface area contributed by atoms with E-state index in [9.17, 15) is 4.79 Å². The molecule has 0 unspecified atom stereocenters. The Labute approximate surface area is 152 Å². The molecule has 0 aliphatic carbocycles. The summed E-state index contributed by atoms with van der Waals surface area (Å²) in [5, 5.41) is 8.91. The fourth-order valence-electron chi connectivity index (χ4n) is 3.64. The van der Waals surface area contributed by atoms with Crippen LogP contribution >= 0.6 is 0 Å². The van der Waals surface area contributed by atoms with Crippen molar-refractivity contribution < 1.29 is 14.3 Å². The number of amides is 1. The molecule has 0 radical (unpaired) electrons. The Kier molecular flexibility index (Phi) is 4.65. The minimum Gasteiger partial charge on any atom is -0.379 e. The summed E-state index contributed by atoms with van der Waals surface area (Å²) in [4.78, 5) is 19.1. The highest BCUT2D eigenvalue weighted by atomic mass is 16.5. The Balaban J connectivity index is 1.47. The number of hydrogen-bond donors (Lipinski definition) is 0. The lowest BCUT2D eigenvalue weighted by Gasteiger charge is -2.22. The monoisotopic (exact) mass is 349 g/mol. The van der Waals surface area contributed by atoms with E-state index in [1.54, 1.807) is 30.5 Å². The van der Waals surface area contributed by atoms with Gasteiger partial charge >= 0.3 is 0 Å². The molecule has 0 bridgehead atoms. The third-order valence-corrected chi connectivity index (χ3v) is 5.04. The molecule has 0 N–H and O–H groups in total. The molecule has 2 aliphatic heterocycles. The number of rotatable bonds is 4. The average molecular weight is 349 g/mol. The number of likely N-dealkylation sites (tertiary alicyclic amines) is 1. The van der Waals surface area contributed by atoms with E-state index >= 15 is 0 Å². The first-order valence-corrected chi connectivity index (χ1v) is 8.66. The standard InChI is InChI=1S/C20H19N3O3/c21-9-14-4-6-15(7-5-14)20(24)23-10-19(17-12-25-13-18(17)23)26-11-16-3-1-2-8-22-16/h1-8,17-19H,10-13H2/t17-,18+,19-/m0/s1. The van der Waals surface area contributed by atoms with E-state index in [4.69, 9.17) is 14.7 Å². The molecule has 1 amide bonds. The van der Waals surface area contributed by atoms with E-state index in [1.807, 2.05) is 23.1 Å². The molecule has 132 valence electrons. The minimum atomic E-state index is -0.0631. The zero-order valence-electron chi connectivity index (χ0n) is 14.2. The van der Waals surface area contributed by atoms with Gasteiger partial charge in [-0.2, -0.15) is 5.26 Å². The number of nitriles is 1. The molecule has 6 heteroatoms. The van der Waals surface area contributed by atoms with Crippen molar-refractivity contribution in [1.82, 2.24) is 9.88 Å². The number of nitrogens with zero attached hydrogens (tertiary/aromatic N) is 3. The molecule has 2 aromatic rings. The summed E-state index contributed by atoms with van der Waals surface area (Å²) in [5.41, 5.74) is 2.00. The second-order valence-corrected chi connectivity index (χ2v) is 6.59. The lowest BCUT2D eigenvalue weighted by molar-refractivity contribution is 0.00800. The van der Waals surface area contributed by atoms with Crippen molar-refractivity contribution in [2.75, 3.05) is 19.8 Å². The van der Waals surface area contributed by atoms with Crippen molar-refractivity contribution in [1.29, 1.82) is 5.26 Å². The Bertz CT molecular complexity index is 816. The number of pyridine rings is 1. The maximum absolute atomic E-state index is 12.9. The van der Waals surface area contributed by atoms with Crippen LogP contribution in [-0.2, 0) is 16.1 Å². The molecule has 3 heterocycles. The zero-order valence-corrected chi connectivity index (χ0v) is 14.2. The van der Waals surface area contributed by atoms with Crippen LogP contribution in [0, 0.1) is 17.2 Å². The van der Waals surface area contributed by atoms with Crippen LogP contribution in [0.4, 0.5) is 0 Å². The van der Waals surface area contributed by atoms with E-state index in [2.05, 4.69) is 11.1 Å². The highest BCUT2D eigenvalue weighted by Gasteiger charge is 2.48. The zero-order chi connectivity index (χ0) is 17.9. The first kappa shape index (κ1) is 16.7. The summed E-state index contributed by atoms with van der Waals surface area (Å²) in [5.74, 6) is 0.139. The third kappa shape index (κ3) is 3.19. The van der Waals surface area contributed by atoms with Gasteiger partial charge in [-0.05, 0) is 36.4 Å². The smallest absolute Gasteiger partial charge is 0.254 e. The minimum absolute atomic E-state index is 0.0341. The fraction of sp³-hybridized carbons (Fsp3) is 0.350. The van der Waals surface area contributed by atoms with Crippen LogP contribution < -0.4 is 0 Å². The summed E-state index contributed by atoms with van der Waals surface area (Å²) >= 11 is 0. The van der Waals surface area contributed by atoms with Gasteiger partial charge in [0.2, 0.25) is 0 Å². The average Bonchev–Trinajstić information content (AvgIpc) is 3.30. The fourth-order valence-corrected chi connectivity index (χ4v) is 3.64. The van der Waals surface area contributed by atoms with Crippen molar-refractivity contribution in [2.45, 2.75) is 18.8 Å². The predicted octanol–water partition coefficient (Wildman–Crippen LogP) is 2.01. The lowest BCUT2D eigenvalue weighted by atomic mass is 10.0. The molecule has 3 atom stereocenters. The number of ether oxygens (including phenoxy) is 2. The molecule has 2 aliphatic rings. The molecule has 6 nitrogen and oxygen atoms in total. The van der Waals surface area contributed by atoms with Crippen LogP contribution in [0.2, 0.25) is 0 Å². The summed E-state index contributed by atoms with van der Waals surface area (Å²) in [6.07, 6.45) is 1.68. The number of carbonyl (C=O) groups is 1. The van der Waals surface area contributed by atoms with Crippen molar-refractivity contribution in [2.24, 2.45) is 5.92 Å².